The minimum absolute atomic E-state index is 0.0774. The van der Waals surface area contributed by atoms with Crippen LogP contribution in [0.5, 0.6) is 0 Å². The lowest BCUT2D eigenvalue weighted by molar-refractivity contribution is 0.0964. The van der Waals surface area contributed by atoms with Crippen molar-refractivity contribution in [3.05, 3.63) is 81.2 Å². The number of anilines is 3. The number of amides is 1. The molecule has 0 spiro atoms. The first-order valence-electron chi connectivity index (χ1n) is 14.4. The molecule has 1 aromatic carbocycles. The number of rotatable bonds is 5. The maximum absolute atomic E-state index is 13.8. The van der Waals surface area contributed by atoms with Gasteiger partial charge in [-0.25, -0.2) is 0 Å². The summed E-state index contributed by atoms with van der Waals surface area (Å²) in [6.45, 7) is 6.07. The number of nitrogens with zero attached hydrogens (tertiary/aromatic N) is 5. The minimum Gasteiger partial charge on any atom is -0.339 e. The van der Waals surface area contributed by atoms with Crippen LogP contribution in [0.25, 0.3) is 11.1 Å². The summed E-state index contributed by atoms with van der Waals surface area (Å²) in [6.07, 6.45) is 7.18. The Morgan fingerprint density at radius 1 is 1.05 bits per heavy atom. The zero-order valence-corrected chi connectivity index (χ0v) is 23.2. The van der Waals surface area contributed by atoms with E-state index in [4.69, 9.17) is 0 Å². The van der Waals surface area contributed by atoms with E-state index in [1.807, 2.05) is 34.0 Å². The van der Waals surface area contributed by atoms with Crippen LogP contribution in [0.4, 0.5) is 17.2 Å². The number of fused-ring (bicyclic) bond motifs is 4. The first kappa shape index (κ1) is 24.9. The molecule has 1 amide bonds. The van der Waals surface area contributed by atoms with Crippen molar-refractivity contribution < 1.29 is 4.79 Å². The predicted octanol–water partition coefficient (Wildman–Crippen LogP) is 4.00. The molecule has 0 unspecified atom stereocenters. The molecule has 9 nitrogen and oxygen atoms in total. The van der Waals surface area contributed by atoms with E-state index < -0.39 is 0 Å². The molecular formula is C31H35N7O2. The lowest BCUT2D eigenvalue weighted by atomic mass is 9.96. The van der Waals surface area contributed by atoms with E-state index in [-0.39, 0.29) is 11.5 Å². The molecule has 2 aliphatic heterocycles. The lowest BCUT2D eigenvalue weighted by Crippen LogP contribution is -2.41. The summed E-state index contributed by atoms with van der Waals surface area (Å²) in [6, 6.07) is 12.2. The highest BCUT2D eigenvalue weighted by atomic mass is 16.2. The highest BCUT2D eigenvalue weighted by molar-refractivity contribution is 6.07. The zero-order valence-electron chi connectivity index (χ0n) is 23.2. The Balaban J connectivity index is 1.25. The van der Waals surface area contributed by atoms with Crippen molar-refractivity contribution >= 4 is 23.1 Å². The van der Waals surface area contributed by atoms with Crippen LogP contribution >= 0.6 is 0 Å². The van der Waals surface area contributed by atoms with Gasteiger partial charge in [0.25, 0.3) is 11.5 Å². The molecule has 206 valence electrons. The fourth-order valence-corrected chi connectivity index (χ4v) is 6.68. The molecule has 0 fully saturated rings. The molecule has 9 heteroatoms. The predicted molar refractivity (Wildman–Crippen MR) is 156 cm³/mol. The van der Waals surface area contributed by atoms with Crippen molar-refractivity contribution in [2.45, 2.75) is 58.7 Å². The van der Waals surface area contributed by atoms with E-state index in [9.17, 15) is 9.59 Å². The highest BCUT2D eigenvalue weighted by Crippen LogP contribution is 2.36. The highest BCUT2D eigenvalue weighted by Gasteiger charge is 2.31. The van der Waals surface area contributed by atoms with Crippen molar-refractivity contribution in [1.82, 2.24) is 24.2 Å². The molecule has 7 rings (SSSR count). The molecule has 0 saturated carbocycles. The smallest absolute Gasteiger partial charge is 0.274 e. The molecule has 0 saturated heterocycles. The van der Waals surface area contributed by atoms with Gasteiger partial charge in [0.2, 0.25) is 0 Å². The van der Waals surface area contributed by atoms with Gasteiger partial charge in [0.1, 0.15) is 11.4 Å². The zero-order chi connectivity index (χ0) is 27.4. The number of pyridine rings is 1. The van der Waals surface area contributed by atoms with E-state index in [1.165, 1.54) is 24.1 Å². The van der Waals surface area contributed by atoms with Gasteiger partial charge in [-0.1, -0.05) is 19.1 Å². The fraction of sp³-hybridized carbons (Fsp3) is 0.387. The third-order valence-electron chi connectivity index (χ3n) is 8.64. The van der Waals surface area contributed by atoms with Gasteiger partial charge in [-0.05, 0) is 67.0 Å². The number of benzene rings is 1. The van der Waals surface area contributed by atoms with Gasteiger partial charge in [-0.2, -0.15) is 5.10 Å². The van der Waals surface area contributed by atoms with E-state index in [1.54, 1.807) is 11.6 Å². The third kappa shape index (κ3) is 4.07. The maximum Gasteiger partial charge on any atom is 0.274 e. The topological polar surface area (TPSA) is 89.1 Å². The molecule has 3 aliphatic rings. The molecule has 0 atom stereocenters. The quantitative estimate of drug-likeness (QED) is 0.402. The minimum atomic E-state index is -0.113. The number of aromatic nitrogens is 4. The average Bonchev–Trinajstić information content (AvgIpc) is 3.56. The Labute approximate surface area is 233 Å². The van der Waals surface area contributed by atoms with Gasteiger partial charge in [0.05, 0.1) is 12.2 Å². The second kappa shape index (κ2) is 9.82. The summed E-state index contributed by atoms with van der Waals surface area (Å²) < 4.78 is 5.86. The van der Waals surface area contributed by atoms with Crippen molar-refractivity contribution in [3.8, 4) is 11.1 Å². The lowest BCUT2D eigenvalue weighted by Gasteiger charge is -2.32. The van der Waals surface area contributed by atoms with Gasteiger partial charge in [-0.15, -0.1) is 0 Å². The molecule has 40 heavy (non-hydrogen) atoms. The SMILES string of the molecule is CCc1c(-c2cc(Nc3cc4n(n3)CCNC4)c(=O)n(C)c2)cccc1N1CCn2c(cc3c2CCCC3)C1=O. The second-order valence-corrected chi connectivity index (χ2v) is 11.1. The number of hydrogen-bond acceptors (Lipinski definition) is 5. The van der Waals surface area contributed by atoms with Crippen molar-refractivity contribution in [1.29, 1.82) is 0 Å². The van der Waals surface area contributed by atoms with E-state index >= 15 is 0 Å². The Kier molecular flexibility index (Phi) is 6.11. The van der Waals surface area contributed by atoms with Crippen LogP contribution in [0.1, 0.15) is 52.8 Å². The molecule has 0 bridgehead atoms. The van der Waals surface area contributed by atoms with E-state index in [0.29, 0.717) is 18.1 Å². The van der Waals surface area contributed by atoms with Gasteiger partial charge in [0, 0.05) is 62.4 Å². The van der Waals surface area contributed by atoms with Crippen LogP contribution in [0.2, 0.25) is 0 Å². The molecule has 4 aromatic rings. The summed E-state index contributed by atoms with van der Waals surface area (Å²) in [5.41, 5.74) is 9.00. The molecule has 1 aliphatic carbocycles. The van der Waals surface area contributed by atoms with Crippen LogP contribution in [-0.2, 0) is 45.9 Å². The fourth-order valence-electron chi connectivity index (χ4n) is 6.68. The van der Waals surface area contributed by atoms with Crippen molar-refractivity contribution in [2.75, 3.05) is 23.3 Å². The Morgan fingerprint density at radius 2 is 1.93 bits per heavy atom. The monoisotopic (exact) mass is 537 g/mol. The van der Waals surface area contributed by atoms with Crippen LogP contribution in [0, 0.1) is 0 Å². The first-order chi connectivity index (χ1) is 19.5. The maximum atomic E-state index is 13.8. The summed E-state index contributed by atoms with van der Waals surface area (Å²) in [5.74, 6) is 0.746. The van der Waals surface area contributed by atoms with Crippen molar-refractivity contribution in [2.24, 2.45) is 7.05 Å². The first-order valence-corrected chi connectivity index (χ1v) is 14.4. The molecule has 5 heterocycles. The standard InChI is InChI=1S/C31H35N7O2/c1-3-23-24(21-15-25(30(39)35(2)19-21)33-29-17-22-18-32-11-12-38(22)34-29)8-6-10-27(23)37-14-13-36-26-9-5-4-7-20(26)16-28(36)31(37)40/h6,8,10,15-17,19,32H,3-5,7,9,11-14,18H2,1-2H3,(H,33,34). The summed E-state index contributed by atoms with van der Waals surface area (Å²) in [7, 11) is 1.78. The number of nitrogens with one attached hydrogen (secondary N) is 2. The average molecular weight is 538 g/mol. The summed E-state index contributed by atoms with van der Waals surface area (Å²) >= 11 is 0. The van der Waals surface area contributed by atoms with Gasteiger partial charge < -0.3 is 24.7 Å². The third-order valence-corrected chi connectivity index (χ3v) is 8.64. The largest absolute Gasteiger partial charge is 0.339 e. The Bertz CT molecular complexity index is 1670. The van der Waals surface area contributed by atoms with Crippen molar-refractivity contribution in [3.63, 3.8) is 0 Å². The molecule has 2 N–H and O–H groups in total. The Hall–Kier alpha value is -4.11. The number of carbonyl (C=O) groups excluding carboxylic acids is 1. The van der Waals surface area contributed by atoms with Crippen LogP contribution in [-0.4, -0.2) is 37.9 Å². The molecular weight excluding hydrogens is 502 g/mol. The summed E-state index contributed by atoms with van der Waals surface area (Å²) in [5, 5.41) is 11.3. The molecule has 0 radical (unpaired) electrons. The van der Waals surface area contributed by atoms with Gasteiger partial charge >= 0.3 is 0 Å². The number of hydrogen-bond donors (Lipinski definition) is 2. The van der Waals surface area contributed by atoms with Crippen LogP contribution in [0.3, 0.4) is 0 Å². The molecule has 3 aromatic heterocycles. The normalized spacial score (nSPS) is 16.4. The van der Waals surface area contributed by atoms with Crippen LogP contribution in [0.15, 0.2) is 47.4 Å². The summed E-state index contributed by atoms with van der Waals surface area (Å²) in [4.78, 5) is 28.9. The Morgan fingerprint density at radius 3 is 2.77 bits per heavy atom. The van der Waals surface area contributed by atoms with Crippen LogP contribution < -0.4 is 21.1 Å². The van der Waals surface area contributed by atoms with E-state index in [2.05, 4.69) is 45.4 Å². The van der Waals surface area contributed by atoms with Gasteiger partial charge in [0.15, 0.2) is 5.82 Å². The number of carbonyl (C=O) groups is 1. The van der Waals surface area contributed by atoms with E-state index in [0.717, 1.165) is 79.2 Å². The second-order valence-electron chi connectivity index (χ2n) is 11.1. The number of aryl methyl sites for hydroxylation is 2. The van der Waals surface area contributed by atoms with Gasteiger partial charge in [-0.3, -0.25) is 14.3 Å².